The second kappa shape index (κ2) is 7.28. The number of benzene rings is 2. The van der Waals surface area contributed by atoms with E-state index in [1.165, 1.54) is 30.3 Å². The molecule has 1 aliphatic rings. The summed E-state index contributed by atoms with van der Waals surface area (Å²) >= 11 is 6.07. The van der Waals surface area contributed by atoms with Crippen LogP contribution in [0.1, 0.15) is 11.1 Å². The van der Waals surface area contributed by atoms with Crippen LogP contribution in [-0.4, -0.2) is 16.1 Å². The molecule has 2 aromatic carbocycles. The Hall–Kier alpha value is -2.85. The molecule has 144 valence electrons. The van der Waals surface area contributed by atoms with E-state index in [1.54, 1.807) is 0 Å². The number of alkyl halides is 3. The summed E-state index contributed by atoms with van der Waals surface area (Å²) in [6.07, 6.45) is -3.49. The molecule has 1 heterocycles. The highest BCUT2D eigenvalue weighted by molar-refractivity contribution is 8.19. The van der Waals surface area contributed by atoms with E-state index in [2.05, 4.69) is 0 Å². The van der Waals surface area contributed by atoms with Crippen molar-refractivity contribution in [2.45, 2.75) is 6.18 Å². The number of rotatable bonds is 3. The first-order valence-electron chi connectivity index (χ1n) is 7.47. The lowest BCUT2D eigenvalue weighted by Gasteiger charge is -2.16. The summed E-state index contributed by atoms with van der Waals surface area (Å²) in [5.41, 5.74) is -1.36. The van der Waals surface area contributed by atoms with Gasteiger partial charge < -0.3 is 0 Å². The predicted molar refractivity (Wildman–Crippen MR) is 98.0 cm³/mol. The Kier molecular flexibility index (Phi) is 5.18. The van der Waals surface area contributed by atoms with Crippen LogP contribution >= 0.6 is 23.4 Å². The minimum Gasteiger partial charge on any atom is -0.268 e. The van der Waals surface area contributed by atoms with Crippen molar-refractivity contribution in [3.8, 4) is 0 Å². The number of hydrogen-bond acceptors (Lipinski definition) is 5. The lowest BCUT2D eigenvalue weighted by Crippen LogP contribution is -2.28. The molecule has 6 nitrogen and oxygen atoms in total. The van der Waals surface area contributed by atoms with Crippen molar-refractivity contribution in [1.82, 2.24) is 0 Å². The molecule has 0 aromatic heterocycles. The Balaban J connectivity index is 1.97. The summed E-state index contributed by atoms with van der Waals surface area (Å²) in [6, 6.07) is 8.06. The van der Waals surface area contributed by atoms with Crippen molar-refractivity contribution in [2.75, 3.05) is 4.90 Å². The second-order valence-corrected chi connectivity index (χ2v) is 6.93. The number of halogens is 4. The van der Waals surface area contributed by atoms with Crippen molar-refractivity contribution in [1.29, 1.82) is 0 Å². The van der Waals surface area contributed by atoms with Crippen LogP contribution in [0.3, 0.4) is 0 Å². The number of thioether (sulfide) groups is 1. The number of carbonyl (C=O) groups excluding carboxylic acids is 2. The fourth-order valence-corrected chi connectivity index (χ4v) is 3.51. The molecule has 28 heavy (non-hydrogen) atoms. The molecule has 0 saturated carbocycles. The van der Waals surface area contributed by atoms with Crippen molar-refractivity contribution >= 4 is 52.0 Å². The summed E-state index contributed by atoms with van der Waals surface area (Å²) in [6.45, 7) is 0. The van der Waals surface area contributed by atoms with E-state index in [0.29, 0.717) is 28.3 Å². The van der Waals surface area contributed by atoms with E-state index < -0.39 is 32.8 Å². The Morgan fingerprint density at radius 1 is 1.14 bits per heavy atom. The number of carbonyl (C=O) groups is 2. The fourth-order valence-electron chi connectivity index (χ4n) is 2.44. The molecule has 0 aliphatic carbocycles. The van der Waals surface area contributed by atoms with Crippen LogP contribution in [0.5, 0.6) is 0 Å². The standard InChI is InChI=1S/C17H8ClF3N2O4S/c18-13-5-4-10(8-12(13)17(19,20)21)22-15(24)14(28-16(22)25)7-9-2-1-3-11(6-9)23(26)27/h1-8H/b14-7-. The molecule has 3 rings (SSSR count). The Morgan fingerprint density at radius 3 is 2.50 bits per heavy atom. The normalized spacial score (nSPS) is 16.1. The minimum atomic E-state index is -4.76. The lowest BCUT2D eigenvalue weighted by molar-refractivity contribution is -0.384. The third-order valence-corrected chi connectivity index (χ3v) is 4.89. The Bertz CT molecular complexity index is 1040. The van der Waals surface area contributed by atoms with Gasteiger partial charge in [-0.05, 0) is 41.6 Å². The molecule has 0 spiro atoms. The summed E-state index contributed by atoms with van der Waals surface area (Å²) < 4.78 is 39.1. The maximum absolute atomic E-state index is 13.0. The summed E-state index contributed by atoms with van der Waals surface area (Å²) in [7, 11) is 0. The summed E-state index contributed by atoms with van der Waals surface area (Å²) in [5.74, 6) is -0.836. The first kappa shape index (κ1) is 19.9. The third kappa shape index (κ3) is 3.87. The Morgan fingerprint density at radius 2 is 1.86 bits per heavy atom. The molecule has 1 fully saturated rings. The van der Waals surface area contributed by atoms with Crippen LogP contribution in [-0.2, 0) is 11.0 Å². The van der Waals surface area contributed by atoms with Gasteiger partial charge in [0.05, 0.1) is 26.1 Å². The smallest absolute Gasteiger partial charge is 0.268 e. The highest BCUT2D eigenvalue weighted by atomic mass is 35.5. The number of hydrogen-bond donors (Lipinski definition) is 0. The quantitative estimate of drug-likeness (QED) is 0.366. The number of non-ortho nitro benzene ring substituents is 1. The number of anilines is 1. The first-order valence-corrected chi connectivity index (χ1v) is 8.66. The Labute approximate surface area is 164 Å². The van der Waals surface area contributed by atoms with Crippen LogP contribution in [0.25, 0.3) is 6.08 Å². The number of amides is 2. The molecule has 0 N–H and O–H groups in total. The van der Waals surface area contributed by atoms with Gasteiger partial charge in [0, 0.05) is 12.1 Å². The number of nitro groups is 1. The van der Waals surface area contributed by atoms with Gasteiger partial charge in [0.15, 0.2) is 0 Å². The lowest BCUT2D eigenvalue weighted by atomic mass is 10.1. The van der Waals surface area contributed by atoms with Crippen molar-refractivity contribution in [3.63, 3.8) is 0 Å². The topological polar surface area (TPSA) is 80.5 Å². The summed E-state index contributed by atoms with van der Waals surface area (Å²) in [5, 5.41) is 9.48. The van der Waals surface area contributed by atoms with Crippen molar-refractivity contribution in [2.24, 2.45) is 0 Å². The molecule has 0 unspecified atom stereocenters. The van der Waals surface area contributed by atoms with Gasteiger partial charge in [0.2, 0.25) is 0 Å². The number of nitrogens with zero attached hydrogens (tertiary/aromatic N) is 2. The van der Waals surface area contributed by atoms with Gasteiger partial charge in [0.25, 0.3) is 16.8 Å². The van der Waals surface area contributed by atoms with Gasteiger partial charge in [-0.25, -0.2) is 4.90 Å². The molecule has 2 aromatic rings. The molecular weight excluding hydrogens is 421 g/mol. The highest BCUT2D eigenvalue weighted by Gasteiger charge is 2.39. The maximum Gasteiger partial charge on any atom is 0.417 e. The average Bonchev–Trinajstić information content (AvgIpc) is 2.88. The zero-order chi connectivity index (χ0) is 20.6. The van der Waals surface area contributed by atoms with Gasteiger partial charge in [-0.2, -0.15) is 13.2 Å². The van der Waals surface area contributed by atoms with Crippen LogP contribution in [0.2, 0.25) is 5.02 Å². The highest BCUT2D eigenvalue weighted by Crippen LogP contribution is 2.40. The third-order valence-electron chi connectivity index (χ3n) is 3.69. The number of imide groups is 1. The van der Waals surface area contributed by atoms with Crippen LogP contribution < -0.4 is 4.90 Å². The largest absolute Gasteiger partial charge is 0.417 e. The minimum absolute atomic E-state index is 0.0750. The monoisotopic (exact) mass is 428 g/mol. The van der Waals surface area contributed by atoms with Crippen molar-refractivity contribution < 1.29 is 27.7 Å². The van der Waals surface area contributed by atoms with E-state index in [-0.39, 0.29) is 16.3 Å². The van der Waals surface area contributed by atoms with E-state index in [9.17, 15) is 32.9 Å². The van der Waals surface area contributed by atoms with Crippen molar-refractivity contribution in [3.05, 3.63) is 73.6 Å². The predicted octanol–water partition coefficient (Wildman–Crippen LogP) is 5.51. The molecule has 0 bridgehead atoms. The molecule has 0 radical (unpaired) electrons. The molecular formula is C17H8ClF3N2O4S. The number of nitro benzene ring substituents is 1. The van der Waals surface area contributed by atoms with Gasteiger partial charge in [-0.1, -0.05) is 23.7 Å². The molecule has 1 saturated heterocycles. The van der Waals surface area contributed by atoms with Crippen LogP contribution in [0.4, 0.5) is 29.3 Å². The van der Waals surface area contributed by atoms with Crippen LogP contribution in [0.15, 0.2) is 47.4 Å². The SMILES string of the molecule is O=C1S/C(=C\c2cccc([N+](=O)[O-])c2)C(=O)N1c1ccc(Cl)c(C(F)(F)F)c1. The van der Waals surface area contributed by atoms with Gasteiger partial charge in [-0.15, -0.1) is 0 Å². The fraction of sp³-hybridized carbons (Fsp3) is 0.0588. The van der Waals surface area contributed by atoms with Gasteiger partial charge in [0.1, 0.15) is 0 Å². The molecule has 11 heteroatoms. The molecule has 0 atom stereocenters. The second-order valence-electron chi connectivity index (χ2n) is 5.53. The van der Waals surface area contributed by atoms with Gasteiger partial charge in [-0.3, -0.25) is 19.7 Å². The summed E-state index contributed by atoms with van der Waals surface area (Å²) in [4.78, 5) is 35.5. The van der Waals surface area contributed by atoms with E-state index in [0.717, 1.165) is 12.1 Å². The van der Waals surface area contributed by atoms with E-state index >= 15 is 0 Å². The zero-order valence-corrected chi connectivity index (χ0v) is 15.1. The van der Waals surface area contributed by atoms with E-state index in [4.69, 9.17) is 11.6 Å². The molecule has 2 amide bonds. The maximum atomic E-state index is 13.0. The molecule has 1 aliphatic heterocycles. The zero-order valence-electron chi connectivity index (χ0n) is 13.6. The first-order chi connectivity index (χ1) is 13.1. The average molecular weight is 429 g/mol. The van der Waals surface area contributed by atoms with Crippen LogP contribution in [0, 0.1) is 10.1 Å². The van der Waals surface area contributed by atoms with Gasteiger partial charge >= 0.3 is 6.18 Å². The van der Waals surface area contributed by atoms with E-state index in [1.807, 2.05) is 0 Å².